The Hall–Kier alpha value is -0.860. The second-order valence-corrected chi connectivity index (χ2v) is 5.16. The largest absolute Gasteiger partial charge is 0.329 e. The van der Waals surface area contributed by atoms with E-state index in [-0.39, 0.29) is 0 Å². The molecule has 1 atom stereocenters. The van der Waals surface area contributed by atoms with E-state index in [9.17, 15) is 0 Å². The third kappa shape index (κ3) is 4.88. The van der Waals surface area contributed by atoms with Crippen molar-refractivity contribution in [2.24, 2.45) is 11.7 Å². The highest BCUT2D eigenvalue weighted by Gasteiger charge is 2.20. The van der Waals surface area contributed by atoms with Crippen LogP contribution in [0, 0.1) is 5.92 Å². The summed E-state index contributed by atoms with van der Waals surface area (Å²) in [5.74, 6) is 1.04. The van der Waals surface area contributed by atoms with Gasteiger partial charge in [-0.2, -0.15) is 0 Å². The van der Waals surface area contributed by atoms with Gasteiger partial charge in [0.15, 0.2) is 0 Å². The van der Waals surface area contributed by atoms with Gasteiger partial charge in [0, 0.05) is 12.6 Å². The van der Waals surface area contributed by atoms with E-state index >= 15 is 0 Å². The predicted molar refractivity (Wildman–Crippen MR) is 72.9 cm³/mol. The van der Waals surface area contributed by atoms with E-state index in [4.69, 9.17) is 5.73 Å². The van der Waals surface area contributed by atoms with Crippen LogP contribution in [0.2, 0.25) is 0 Å². The Morgan fingerprint density at radius 2 is 2.00 bits per heavy atom. The summed E-state index contributed by atoms with van der Waals surface area (Å²) in [5, 5.41) is 3.58. The molecule has 3 N–H and O–H groups in total. The molecule has 0 heterocycles. The maximum atomic E-state index is 5.81. The Labute approximate surface area is 105 Å². The summed E-state index contributed by atoms with van der Waals surface area (Å²) in [6.45, 7) is 1.84. The van der Waals surface area contributed by atoms with Gasteiger partial charge >= 0.3 is 0 Å². The molecule has 0 amide bonds. The first-order chi connectivity index (χ1) is 8.38. The molecule has 0 aromatic heterocycles. The van der Waals surface area contributed by atoms with E-state index in [2.05, 4.69) is 35.6 Å². The Morgan fingerprint density at radius 3 is 2.65 bits per heavy atom. The lowest BCUT2D eigenvalue weighted by molar-refractivity contribution is 0.493. The fraction of sp³-hybridized carbons (Fsp3) is 0.600. The molecule has 0 saturated heterocycles. The van der Waals surface area contributed by atoms with E-state index in [1.54, 1.807) is 0 Å². The van der Waals surface area contributed by atoms with Gasteiger partial charge in [0.2, 0.25) is 0 Å². The Morgan fingerprint density at radius 1 is 1.24 bits per heavy atom. The second kappa shape index (κ2) is 6.77. The summed E-state index contributed by atoms with van der Waals surface area (Å²) in [6.07, 6.45) is 6.67. The normalized spacial score (nSPS) is 17.0. The van der Waals surface area contributed by atoms with Gasteiger partial charge in [0.05, 0.1) is 0 Å². The number of nitrogens with two attached hydrogens (primary N) is 1. The maximum Gasteiger partial charge on any atom is 0.0230 e. The highest BCUT2D eigenvalue weighted by Crippen LogP contribution is 2.33. The molecule has 2 nitrogen and oxygen atoms in total. The summed E-state index contributed by atoms with van der Waals surface area (Å²) < 4.78 is 0. The smallest absolute Gasteiger partial charge is 0.0230 e. The van der Waals surface area contributed by atoms with Crippen LogP contribution in [0.25, 0.3) is 0 Å². The minimum absolute atomic E-state index is 0.427. The lowest BCUT2D eigenvalue weighted by atomic mass is 10.1. The minimum atomic E-state index is 0.427. The Balaban J connectivity index is 1.65. The van der Waals surface area contributed by atoms with Crippen LogP contribution in [-0.4, -0.2) is 19.1 Å². The minimum Gasteiger partial charge on any atom is -0.329 e. The third-order valence-corrected chi connectivity index (χ3v) is 3.53. The van der Waals surface area contributed by atoms with E-state index in [1.165, 1.54) is 31.2 Å². The predicted octanol–water partition coefficient (Wildman–Crippen LogP) is 2.34. The Kier molecular flexibility index (Phi) is 5.02. The van der Waals surface area contributed by atoms with E-state index < -0.39 is 0 Å². The molecular weight excluding hydrogens is 208 g/mol. The second-order valence-electron chi connectivity index (χ2n) is 5.16. The Bertz CT molecular complexity index is 306. The number of hydrogen-bond donors (Lipinski definition) is 2. The monoisotopic (exact) mass is 232 g/mol. The molecule has 1 saturated carbocycles. The lowest BCUT2D eigenvalue weighted by Crippen LogP contribution is -2.38. The van der Waals surface area contributed by atoms with Crippen LogP contribution in [0.1, 0.15) is 31.2 Å². The SMILES string of the molecule is NCC(Cc1ccccc1)NCCCC1CC1. The van der Waals surface area contributed by atoms with Gasteiger partial charge in [-0.05, 0) is 37.3 Å². The van der Waals surface area contributed by atoms with Gasteiger partial charge in [-0.1, -0.05) is 43.2 Å². The third-order valence-electron chi connectivity index (χ3n) is 3.53. The summed E-state index contributed by atoms with van der Waals surface area (Å²) in [4.78, 5) is 0. The molecule has 1 aliphatic carbocycles. The van der Waals surface area contributed by atoms with Gasteiger partial charge in [0.1, 0.15) is 0 Å². The molecule has 0 bridgehead atoms. The van der Waals surface area contributed by atoms with Gasteiger partial charge in [-0.15, -0.1) is 0 Å². The van der Waals surface area contributed by atoms with Crippen molar-refractivity contribution in [3.05, 3.63) is 35.9 Å². The summed E-state index contributed by atoms with van der Waals surface area (Å²) in [5.41, 5.74) is 7.19. The molecule has 17 heavy (non-hydrogen) atoms. The van der Waals surface area contributed by atoms with Gasteiger partial charge in [-0.25, -0.2) is 0 Å². The molecule has 1 aliphatic rings. The van der Waals surface area contributed by atoms with Crippen LogP contribution in [0.3, 0.4) is 0 Å². The zero-order valence-electron chi connectivity index (χ0n) is 10.6. The van der Waals surface area contributed by atoms with E-state index in [1.807, 2.05) is 0 Å². The van der Waals surface area contributed by atoms with Crippen LogP contribution >= 0.6 is 0 Å². The van der Waals surface area contributed by atoms with Crippen LogP contribution in [-0.2, 0) is 6.42 Å². The van der Waals surface area contributed by atoms with Crippen molar-refractivity contribution >= 4 is 0 Å². The molecule has 0 aliphatic heterocycles. The van der Waals surface area contributed by atoms with E-state index in [0.717, 1.165) is 25.4 Å². The molecule has 1 unspecified atom stereocenters. The molecule has 1 aromatic carbocycles. The lowest BCUT2D eigenvalue weighted by Gasteiger charge is -2.16. The highest BCUT2D eigenvalue weighted by molar-refractivity contribution is 5.15. The van der Waals surface area contributed by atoms with Crippen molar-refractivity contribution in [1.82, 2.24) is 5.32 Å². The van der Waals surface area contributed by atoms with Crippen LogP contribution in [0.4, 0.5) is 0 Å². The van der Waals surface area contributed by atoms with Crippen molar-refractivity contribution in [3.63, 3.8) is 0 Å². The highest BCUT2D eigenvalue weighted by atomic mass is 14.9. The zero-order valence-corrected chi connectivity index (χ0v) is 10.6. The molecule has 2 heteroatoms. The molecule has 0 radical (unpaired) electrons. The van der Waals surface area contributed by atoms with Crippen LogP contribution in [0.5, 0.6) is 0 Å². The molecule has 94 valence electrons. The molecule has 1 aromatic rings. The fourth-order valence-electron chi connectivity index (χ4n) is 2.24. The molecule has 0 spiro atoms. The fourth-order valence-corrected chi connectivity index (χ4v) is 2.24. The first kappa shape index (κ1) is 12.6. The molecular formula is C15H24N2. The quantitative estimate of drug-likeness (QED) is 0.675. The maximum absolute atomic E-state index is 5.81. The average Bonchev–Trinajstić information content (AvgIpc) is 3.18. The van der Waals surface area contributed by atoms with E-state index in [0.29, 0.717) is 6.04 Å². The van der Waals surface area contributed by atoms with Gasteiger partial charge < -0.3 is 11.1 Å². The van der Waals surface area contributed by atoms with Crippen LogP contribution < -0.4 is 11.1 Å². The van der Waals surface area contributed by atoms with Crippen molar-refractivity contribution in [3.8, 4) is 0 Å². The van der Waals surface area contributed by atoms with Gasteiger partial charge in [0.25, 0.3) is 0 Å². The molecule has 1 fully saturated rings. The number of rotatable bonds is 8. The van der Waals surface area contributed by atoms with Crippen molar-refractivity contribution in [1.29, 1.82) is 0 Å². The summed E-state index contributed by atoms with van der Waals surface area (Å²) >= 11 is 0. The van der Waals surface area contributed by atoms with Crippen LogP contribution in [0.15, 0.2) is 30.3 Å². The first-order valence-corrected chi connectivity index (χ1v) is 6.86. The first-order valence-electron chi connectivity index (χ1n) is 6.86. The number of nitrogens with one attached hydrogen (secondary N) is 1. The summed E-state index contributed by atoms with van der Waals surface area (Å²) in [6, 6.07) is 11.0. The topological polar surface area (TPSA) is 38.0 Å². The zero-order chi connectivity index (χ0) is 11.9. The standard InChI is InChI=1S/C15H24N2/c16-12-15(11-14-5-2-1-3-6-14)17-10-4-7-13-8-9-13/h1-3,5-6,13,15,17H,4,7-12,16H2. The van der Waals surface area contributed by atoms with Crippen molar-refractivity contribution in [2.75, 3.05) is 13.1 Å². The summed E-state index contributed by atoms with van der Waals surface area (Å²) in [7, 11) is 0. The molecule has 2 rings (SSSR count). The van der Waals surface area contributed by atoms with Crippen molar-refractivity contribution < 1.29 is 0 Å². The van der Waals surface area contributed by atoms with Crippen molar-refractivity contribution in [2.45, 2.75) is 38.1 Å². The van der Waals surface area contributed by atoms with Gasteiger partial charge in [-0.3, -0.25) is 0 Å². The number of hydrogen-bond acceptors (Lipinski definition) is 2. The average molecular weight is 232 g/mol. The number of benzene rings is 1.